The molecule has 2 heterocycles. The Morgan fingerprint density at radius 2 is 1.85 bits per heavy atom. The van der Waals surface area contributed by atoms with Crippen LogP contribution in [0.1, 0.15) is 66.2 Å². The molecule has 1 aliphatic heterocycles. The number of nitrogens with one attached hydrogen (secondary N) is 3. The number of fused-ring (bicyclic) bond motifs is 1. The maximum absolute atomic E-state index is 13.1. The van der Waals surface area contributed by atoms with Crippen molar-refractivity contribution in [3.05, 3.63) is 27.3 Å². The molecule has 0 atom stereocenters. The average molecular weight is 476 g/mol. The topological polar surface area (TPSA) is 123 Å². The monoisotopic (exact) mass is 475 g/mol. The van der Waals surface area contributed by atoms with Crippen molar-refractivity contribution in [1.29, 1.82) is 0 Å². The minimum atomic E-state index is -0.576. The number of rotatable bonds is 7. The molecular formula is C23H29N3O6S. The Morgan fingerprint density at radius 1 is 1.06 bits per heavy atom. The molecule has 3 N–H and O–H groups in total. The fraction of sp³-hybridized carbons (Fsp3) is 0.565. The van der Waals surface area contributed by atoms with Crippen LogP contribution in [-0.2, 0) is 31.9 Å². The molecular weight excluding hydrogens is 446 g/mol. The number of hydrogen-bond donors (Lipinski definition) is 3. The summed E-state index contributed by atoms with van der Waals surface area (Å²) in [7, 11) is 0. The largest absolute Gasteiger partial charge is 0.463 e. The van der Waals surface area contributed by atoms with Crippen LogP contribution in [0.15, 0.2) is 11.3 Å². The molecule has 33 heavy (non-hydrogen) atoms. The highest BCUT2D eigenvalue weighted by atomic mass is 32.1. The van der Waals surface area contributed by atoms with Crippen molar-refractivity contribution in [2.24, 2.45) is 5.92 Å². The van der Waals surface area contributed by atoms with E-state index in [1.54, 1.807) is 6.92 Å². The number of aryl methyl sites for hydroxylation is 1. The fourth-order valence-corrected chi connectivity index (χ4v) is 5.85. The van der Waals surface area contributed by atoms with E-state index in [-0.39, 0.29) is 42.9 Å². The number of urea groups is 1. The number of anilines is 1. The second kappa shape index (κ2) is 10.4. The highest BCUT2D eigenvalue weighted by Crippen LogP contribution is 2.40. The normalized spacial score (nSPS) is 18.3. The summed E-state index contributed by atoms with van der Waals surface area (Å²) in [6.45, 7) is 1.59. The van der Waals surface area contributed by atoms with Crippen LogP contribution in [0.25, 0.3) is 0 Å². The molecule has 0 unspecified atom stereocenters. The smallest absolute Gasteiger partial charge is 0.341 e. The van der Waals surface area contributed by atoms with E-state index >= 15 is 0 Å². The summed E-state index contributed by atoms with van der Waals surface area (Å²) in [5, 5.41) is 8.58. The van der Waals surface area contributed by atoms with Gasteiger partial charge in [0.15, 0.2) is 0 Å². The summed E-state index contributed by atoms with van der Waals surface area (Å²) in [6, 6.07) is -0.481. The molecule has 1 saturated carbocycles. The lowest BCUT2D eigenvalue weighted by atomic mass is 9.89. The second-order valence-corrected chi connectivity index (χ2v) is 9.55. The Labute approximate surface area is 196 Å². The number of ether oxygens (including phenoxy) is 2. The Kier molecular flexibility index (Phi) is 7.32. The first-order valence-electron chi connectivity index (χ1n) is 11.5. The molecule has 0 aromatic carbocycles. The molecule has 1 aromatic rings. The summed E-state index contributed by atoms with van der Waals surface area (Å²) < 4.78 is 10.6. The maximum atomic E-state index is 13.1. The van der Waals surface area contributed by atoms with E-state index in [0.29, 0.717) is 10.6 Å². The zero-order valence-electron chi connectivity index (χ0n) is 18.7. The van der Waals surface area contributed by atoms with Crippen LogP contribution in [0, 0.1) is 5.92 Å². The Balaban J connectivity index is 1.51. The van der Waals surface area contributed by atoms with Crippen molar-refractivity contribution < 1.29 is 28.7 Å². The van der Waals surface area contributed by atoms with Gasteiger partial charge in [-0.25, -0.2) is 14.4 Å². The third kappa shape index (κ3) is 5.21. The van der Waals surface area contributed by atoms with E-state index < -0.39 is 18.0 Å². The zero-order chi connectivity index (χ0) is 23.4. The first-order valence-corrected chi connectivity index (χ1v) is 12.4. The van der Waals surface area contributed by atoms with Crippen molar-refractivity contribution in [1.82, 2.24) is 10.6 Å². The molecule has 3 aliphatic rings. The molecule has 178 valence electrons. The minimum Gasteiger partial charge on any atom is -0.463 e. The van der Waals surface area contributed by atoms with Crippen molar-refractivity contribution >= 4 is 40.2 Å². The molecule has 4 rings (SSSR count). The van der Waals surface area contributed by atoms with Gasteiger partial charge in [-0.3, -0.25) is 4.79 Å². The van der Waals surface area contributed by atoms with Crippen LogP contribution in [0.2, 0.25) is 0 Å². The van der Waals surface area contributed by atoms with Crippen molar-refractivity contribution in [2.45, 2.75) is 58.3 Å². The van der Waals surface area contributed by atoms with E-state index in [0.717, 1.165) is 61.8 Å². The van der Waals surface area contributed by atoms with Gasteiger partial charge in [0.25, 0.3) is 0 Å². The van der Waals surface area contributed by atoms with Gasteiger partial charge in [0.2, 0.25) is 5.91 Å². The van der Waals surface area contributed by atoms with E-state index in [4.69, 9.17) is 9.47 Å². The molecule has 0 bridgehead atoms. The first-order chi connectivity index (χ1) is 16.0. The maximum Gasteiger partial charge on any atom is 0.341 e. The van der Waals surface area contributed by atoms with Crippen LogP contribution in [0.5, 0.6) is 0 Å². The summed E-state index contributed by atoms with van der Waals surface area (Å²) >= 11 is 1.44. The minimum absolute atomic E-state index is 0.00586. The Bertz CT molecular complexity index is 993. The van der Waals surface area contributed by atoms with Gasteiger partial charge >= 0.3 is 18.0 Å². The van der Waals surface area contributed by atoms with Crippen molar-refractivity contribution in [2.75, 3.05) is 25.1 Å². The third-order valence-corrected chi connectivity index (χ3v) is 7.47. The third-order valence-electron chi connectivity index (χ3n) is 6.26. The molecule has 10 heteroatoms. The molecule has 1 fully saturated rings. The lowest BCUT2D eigenvalue weighted by Crippen LogP contribution is -2.45. The quantitative estimate of drug-likeness (QED) is 0.521. The van der Waals surface area contributed by atoms with Gasteiger partial charge in [0, 0.05) is 10.8 Å². The zero-order valence-corrected chi connectivity index (χ0v) is 19.5. The Hall–Kier alpha value is -2.88. The first kappa shape index (κ1) is 23.3. The molecule has 0 saturated heterocycles. The highest BCUT2D eigenvalue weighted by molar-refractivity contribution is 7.17. The van der Waals surface area contributed by atoms with Crippen molar-refractivity contribution in [3.63, 3.8) is 0 Å². The molecule has 9 nitrogen and oxygen atoms in total. The highest BCUT2D eigenvalue weighted by Gasteiger charge is 2.31. The SMILES string of the molecule is CCOC(=O)C1=C(COC(=O)c2c(NC(=O)C3CCCCC3)sc3c2CCC3)NC(=O)NC1. The standard InChI is InChI=1S/C23H29N3O6S/c1-2-31-21(28)15-11-24-23(30)25-16(15)12-32-22(29)18-14-9-6-10-17(14)33-20(18)26-19(27)13-7-4-3-5-8-13/h13H,2-12H2,1H3,(H,26,27)(H2,24,25,30). The van der Waals surface area contributed by atoms with Crippen molar-refractivity contribution in [3.8, 4) is 0 Å². The predicted octanol–water partition coefficient (Wildman–Crippen LogP) is 3.04. The summed E-state index contributed by atoms with van der Waals surface area (Å²) in [5.74, 6) is -1.21. The lowest BCUT2D eigenvalue weighted by Gasteiger charge is -2.21. The number of amides is 3. The number of thiophene rings is 1. The van der Waals surface area contributed by atoms with Crippen LogP contribution >= 0.6 is 11.3 Å². The van der Waals surface area contributed by atoms with E-state index in [1.165, 1.54) is 11.3 Å². The molecule has 3 amide bonds. The lowest BCUT2D eigenvalue weighted by molar-refractivity contribution is -0.138. The van der Waals surface area contributed by atoms with E-state index in [2.05, 4.69) is 16.0 Å². The van der Waals surface area contributed by atoms with Gasteiger partial charge in [-0.05, 0) is 44.6 Å². The van der Waals surface area contributed by atoms with Gasteiger partial charge in [0.1, 0.15) is 11.6 Å². The van der Waals surface area contributed by atoms with Crippen LogP contribution in [0.4, 0.5) is 9.80 Å². The molecule has 2 aliphatic carbocycles. The molecule has 1 aromatic heterocycles. The Morgan fingerprint density at radius 3 is 2.61 bits per heavy atom. The van der Waals surface area contributed by atoms with E-state index in [9.17, 15) is 19.2 Å². The van der Waals surface area contributed by atoms with Gasteiger partial charge < -0.3 is 25.4 Å². The van der Waals surface area contributed by atoms with E-state index in [1.807, 2.05) is 0 Å². The van der Waals surface area contributed by atoms with Gasteiger partial charge in [-0.1, -0.05) is 19.3 Å². The number of hydrogen-bond acceptors (Lipinski definition) is 7. The van der Waals surface area contributed by atoms with Crippen LogP contribution < -0.4 is 16.0 Å². The second-order valence-electron chi connectivity index (χ2n) is 8.45. The molecule has 0 radical (unpaired) electrons. The average Bonchev–Trinajstić information content (AvgIpc) is 3.39. The van der Waals surface area contributed by atoms with Crippen LogP contribution in [0.3, 0.4) is 0 Å². The summed E-state index contributed by atoms with van der Waals surface area (Å²) in [5.41, 5.74) is 1.74. The van der Waals surface area contributed by atoms with Crippen LogP contribution in [-0.4, -0.2) is 43.6 Å². The number of esters is 2. The van der Waals surface area contributed by atoms with Gasteiger partial charge in [-0.2, -0.15) is 0 Å². The number of carbonyl (C=O) groups excluding carboxylic acids is 4. The van der Waals surface area contributed by atoms with Gasteiger partial charge in [0.05, 0.1) is 30.0 Å². The predicted molar refractivity (Wildman–Crippen MR) is 122 cm³/mol. The summed E-state index contributed by atoms with van der Waals surface area (Å²) in [4.78, 5) is 51.0. The molecule has 0 spiro atoms. The van der Waals surface area contributed by atoms with Gasteiger partial charge in [-0.15, -0.1) is 11.3 Å². The fourth-order valence-electron chi connectivity index (χ4n) is 4.57. The number of carbonyl (C=O) groups is 4. The summed E-state index contributed by atoms with van der Waals surface area (Å²) in [6.07, 6.45) is 7.58.